The number of aryl methyl sites for hydroxylation is 2. The lowest BCUT2D eigenvalue weighted by atomic mass is 9.72. The van der Waals surface area contributed by atoms with E-state index in [0.717, 1.165) is 0 Å². The van der Waals surface area contributed by atoms with E-state index in [0.29, 0.717) is 0 Å². The van der Waals surface area contributed by atoms with Crippen LogP contribution in [0.3, 0.4) is 0 Å². The van der Waals surface area contributed by atoms with Crippen molar-refractivity contribution in [3.05, 3.63) is 29.3 Å². The van der Waals surface area contributed by atoms with Crippen molar-refractivity contribution in [2.24, 2.45) is 0 Å². The highest BCUT2D eigenvalue weighted by Crippen LogP contribution is 2.31. The largest absolute Gasteiger partial charge is 0.416 e. The molecule has 0 radical (unpaired) electrons. The normalized spacial score (nSPS) is 21.9. The van der Waals surface area contributed by atoms with Crippen LogP contribution in [0, 0.1) is 13.8 Å². The molecule has 0 spiro atoms. The molecule has 0 aliphatic carbocycles. The number of benzene rings is 1. The highest BCUT2D eigenvalue weighted by atomic mass is 16.5. The molecule has 1 saturated heterocycles. The second-order valence-corrected chi connectivity index (χ2v) is 6.20. The van der Waals surface area contributed by atoms with E-state index >= 15 is 0 Å². The number of nitrogens with one attached hydrogen (secondary N) is 1. The Morgan fingerprint density at radius 3 is 1.94 bits per heavy atom. The van der Waals surface area contributed by atoms with Crippen LogP contribution in [0.2, 0.25) is 0 Å². The number of hydrogen-bond acceptors (Lipinski definition) is 2. The minimum atomic E-state index is -0.157. The van der Waals surface area contributed by atoms with Crippen LogP contribution in [-0.2, 0) is 4.65 Å². The first kappa shape index (κ1) is 12.7. The van der Waals surface area contributed by atoms with Crippen molar-refractivity contribution in [3.8, 4) is 0 Å². The summed E-state index contributed by atoms with van der Waals surface area (Å²) >= 11 is 0. The molecule has 1 fully saturated rings. The lowest BCUT2D eigenvalue weighted by Gasteiger charge is -2.33. The van der Waals surface area contributed by atoms with Gasteiger partial charge < -0.3 is 9.88 Å². The van der Waals surface area contributed by atoms with Gasteiger partial charge in [-0.2, -0.15) is 0 Å². The molecule has 1 heterocycles. The van der Waals surface area contributed by atoms with Crippen molar-refractivity contribution < 1.29 is 4.65 Å². The molecule has 0 aromatic heterocycles. The summed E-state index contributed by atoms with van der Waals surface area (Å²) in [5, 5.41) is 3.57. The van der Waals surface area contributed by atoms with Crippen LogP contribution in [0.4, 0.5) is 0 Å². The quantitative estimate of drug-likeness (QED) is 0.748. The topological polar surface area (TPSA) is 21.3 Å². The fourth-order valence-electron chi connectivity index (χ4n) is 2.29. The van der Waals surface area contributed by atoms with Crippen LogP contribution in [0.5, 0.6) is 0 Å². The van der Waals surface area contributed by atoms with Crippen molar-refractivity contribution in [2.45, 2.75) is 52.7 Å². The zero-order valence-electron chi connectivity index (χ0n) is 11.7. The van der Waals surface area contributed by atoms with Crippen LogP contribution in [0.1, 0.15) is 38.8 Å². The van der Waals surface area contributed by atoms with E-state index in [1.807, 2.05) is 0 Å². The van der Waals surface area contributed by atoms with Gasteiger partial charge in [-0.1, -0.05) is 29.3 Å². The summed E-state index contributed by atoms with van der Waals surface area (Å²) < 4.78 is 6.15. The van der Waals surface area contributed by atoms with Gasteiger partial charge in [0.2, 0.25) is 0 Å². The Labute approximate surface area is 105 Å². The lowest BCUT2D eigenvalue weighted by molar-refractivity contribution is 0.0750. The van der Waals surface area contributed by atoms with Gasteiger partial charge in [-0.25, -0.2) is 0 Å². The monoisotopic (exact) mass is 231 g/mol. The van der Waals surface area contributed by atoms with E-state index in [-0.39, 0.29) is 18.2 Å². The molecule has 17 heavy (non-hydrogen) atoms. The van der Waals surface area contributed by atoms with Crippen molar-refractivity contribution in [3.63, 3.8) is 0 Å². The Bertz CT molecular complexity index is 404. The van der Waals surface area contributed by atoms with Gasteiger partial charge in [-0.05, 0) is 47.0 Å². The van der Waals surface area contributed by atoms with Gasteiger partial charge in [0, 0.05) is 5.54 Å². The molecule has 92 valence electrons. The van der Waals surface area contributed by atoms with Gasteiger partial charge >= 0.3 is 7.05 Å². The maximum absolute atomic E-state index is 6.15. The average molecular weight is 231 g/mol. The summed E-state index contributed by atoms with van der Waals surface area (Å²) in [6, 6.07) is 6.58. The molecule has 1 aromatic carbocycles. The third-order valence-electron chi connectivity index (χ3n) is 3.96. The molecule has 0 unspecified atom stereocenters. The van der Waals surface area contributed by atoms with Gasteiger partial charge in [-0.3, -0.25) is 0 Å². The fraction of sp³-hybridized carbons (Fsp3) is 0.571. The Kier molecular flexibility index (Phi) is 2.87. The zero-order valence-corrected chi connectivity index (χ0v) is 11.7. The maximum atomic E-state index is 6.15. The maximum Gasteiger partial charge on any atom is 0.416 e. The highest BCUT2D eigenvalue weighted by Gasteiger charge is 2.49. The molecule has 2 nitrogen and oxygen atoms in total. The van der Waals surface area contributed by atoms with Crippen LogP contribution >= 0.6 is 0 Å². The Morgan fingerprint density at radius 1 is 1.00 bits per heavy atom. The standard InChI is InChI=1S/C14H22BNO/c1-10-7-11(2)9-12(8-10)15-16-13(3,4)14(5,6)17-15/h7-9,16H,1-6H3. The first-order valence-corrected chi connectivity index (χ1v) is 6.25. The van der Waals surface area contributed by atoms with Gasteiger partial charge in [0.1, 0.15) is 0 Å². The molecule has 3 heteroatoms. The van der Waals surface area contributed by atoms with Crippen LogP contribution in [-0.4, -0.2) is 18.2 Å². The summed E-state index contributed by atoms with van der Waals surface area (Å²) in [6.45, 7) is 12.9. The Hall–Kier alpha value is -0.795. The van der Waals surface area contributed by atoms with E-state index in [4.69, 9.17) is 4.65 Å². The predicted molar refractivity (Wildman–Crippen MR) is 73.7 cm³/mol. The van der Waals surface area contributed by atoms with Gasteiger partial charge in [-0.15, -0.1) is 0 Å². The van der Waals surface area contributed by atoms with E-state index in [9.17, 15) is 0 Å². The van der Waals surface area contributed by atoms with Crippen molar-refractivity contribution in [1.29, 1.82) is 0 Å². The first-order valence-electron chi connectivity index (χ1n) is 6.25. The summed E-state index contributed by atoms with van der Waals surface area (Å²) in [4.78, 5) is 0. The van der Waals surface area contributed by atoms with Crippen LogP contribution in [0.15, 0.2) is 18.2 Å². The fourth-order valence-corrected chi connectivity index (χ4v) is 2.29. The summed E-state index contributed by atoms with van der Waals surface area (Å²) in [5.74, 6) is 0. The smallest absolute Gasteiger partial charge is 0.411 e. The minimum absolute atomic E-state index is 0.00130. The van der Waals surface area contributed by atoms with E-state index in [2.05, 4.69) is 65.0 Å². The molecule has 1 aromatic rings. The molecule has 0 saturated carbocycles. The Balaban J connectivity index is 2.32. The summed E-state index contributed by atoms with van der Waals surface area (Å²) in [6.07, 6.45) is 0. The van der Waals surface area contributed by atoms with Crippen LogP contribution in [0.25, 0.3) is 0 Å². The first-order chi connectivity index (χ1) is 7.71. The molecule has 1 N–H and O–H groups in total. The van der Waals surface area contributed by atoms with Gasteiger partial charge in [0.05, 0.1) is 5.60 Å². The molecule has 2 rings (SSSR count). The van der Waals surface area contributed by atoms with Crippen molar-refractivity contribution in [2.75, 3.05) is 0 Å². The molecular formula is C14H22BNO. The third kappa shape index (κ3) is 2.27. The van der Waals surface area contributed by atoms with E-state index in [1.54, 1.807) is 0 Å². The SMILES string of the molecule is Cc1cc(C)cc(B2NC(C)(C)C(C)(C)O2)c1. The molecule has 0 atom stereocenters. The third-order valence-corrected chi connectivity index (χ3v) is 3.96. The zero-order chi connectivity index (χ0) is 12.8. The molecule has 0 amide bonds. The second kappa shape index (κ2) is 3.86. The van der Waals surface area contributed by atoms with Crippen molar-refractivity contribution in [1.82, 2.24) is 5.23 Å². The number of hydrogen-bond donors (Lipinski definition) is 1. The summed E-state index contributed by atoms with van der Waals surface area (Å²) in [5.41, 5.74) is 3.62. The molecular weight excluding hydrogens is 209 g/mol. The molecule has 1 aliphatic rings. The Morgan fingerprint density at radius 2 is 1.53 bits per heavy atom. The lowest BCUT2D eigenvalue weighted by Crippen LogP contribution is -2.51. The van der Waals surface area contributed by atoms with Crippen LogP contribution < -0.4 is 10.7 Å². The van der Waals surface area contributed by atoms with E-state index in [1.165, 1.54) is 16.6 Å². The predicted octanol–water partition coefficient (Wildman–Crippen LogP) is 2.18. The molecule has 0 bridgehead atoms. The molecule has 1 aliphatic heterocycles. The summed E-state index contributed by atoms with van der Waals surface area (Å²) in [7, 11) is -0.00130. The van der Waals surface area contributed by atoms with E-state index < -0.39 is 0 Å². The van der Waals surface area contributed by atoms with Gasteiger partial charge in [0.25, 0.3) is 0 Å². The second-order valence-electron chi connectivity index (χ2n) is 6.20. The van der Waals surface area contributed by atoms with Crippen molar-refractivity contribution >= 4 is 12.5 Å². The number of rotatable bonds is 1. The minimum Gasteiger partial charge on any atom is -0.411 e. The highest BCUT2D eigenvalue weighted by molar-refractivity contribution is 6.66. The van der Waals surface area contributed by atoms with Gasteiger partial charge in [0.15, 0.2) is 0 Å². The average Bonchev–Trinajstić information content (AvgIpc) is 2.34.